The van der Waals surface area contributed by atoms with E-state index in [1.54, 1.807) is 24.3 Å². The minimum Gasteiger partial charge on any atom is -0.490 e. The lowest BCUT2D eigenvalue weighted by molar-refractivity contribution is -0.140. The summed E-state index contributed by atoms with van der Waals surface area (Å²) in [5.41, 5.74) is 0.755. The van der Waals surface area contributed by atoms with Gasteiger partial charge in [0.25, 0.3) is 0 Å². The number of hydrogen-bond acceptors (Lipinski definition) is 4. The van der Waals surface area contributed by atoms with Crippen LogP contribution in [-0.4, -0.2) is 36.2 Å². The third kappa shape index (κ3) is 5.47. The summed E-state index contributed by atoms with van der Waals surface area (Å²) in [7, 11) is 0. The Morgan fingerprint density at radius 3 is 2.45 bits per heavy atom. The molecule has 0 saturated carbocycles. The summed E-state index contributed by atoms with van der Waals surface area (Å²) >= 11 is 0. The molecule has 1 amide bonds. The monoisotopic (exact) mass is 307 g/mol. The maximum atomic E-state index is 11.6. The normalized spacial score (nSPS) is 12.0. The summed E-state index contributed by atoms with van der Waals surface area (Å²) in [4.78, 5) is 22.2. The molecule has 0 aromatic heterocycles. The number of aliphatic carboxylic acids is 1. The highest BCUT2D eigenvalue weighted by Gasteiger charge is 2.11. The lowest BCUT2D eigenvalue weighted by Crippen LogP contribution is -2.37. The molecule has 0 unspecified atom stereocenters. The molecule has 2 N–H and O–H groups in total. The summed E-state index contributed by atoms with van der Waals surface area (Å²) in [6.07, 6.45) is 2.87. The first-order valence-corrected chi connectivity index (χ1v) is 7.09. The van der Waals surface area contributed by atoms with E-state index in [-0.39, 0.29) is 0 Å². The van der Waals surface area contributed by atoms with Crippen molar-refractivity contribution in [3.63, 3.8) is 0 Å². The molecule has 1 aromatic rings. The Kier molecular flexibility index (Phi) is 6.95. The van der Waals surface area contributed by atoms with Gasteiger partial charge in [-0.05, 0) is 44.5 Å². The molecule has 0 aliphatic heterocycles. The highest BCUT2D eigenvalue weighted by atomic mass is 16.5. The number of hydrogen-bond donors (Lipinski definition) is 2. The van der Waals surface area contributed by atoms with Gasteiger partial charge in [0.15, 0.2) is 11.5 Å². The molecule has 0 fully saturated rings. The van der Waals surface area contributed by atoms with Crippen molar-refractivity contribution < 1.29 is 24.2 Å². The van der Waals surface area contributed by atoms with Crippen LogP contribution in [-0.2, 0) is 9.59 Å². The molecule has 0 radical (unpaired) electrons. The second-order valence-electron chi connectivity index (χ2n) is 4.47. The van der Waals surface area contributed by atoms with E-state index in [0.717, 1.165) is 5.56 Å². The van der Waals surface area contributed by atoms with Crippen LogP contribution in [0, 0.1) is 0 Å². The van der Waals surface area contributed by atoms with E-state index in [4.69, 9.17) is 14.6 Å². The minimum atomic E-state index is -1.08. The number of amides is 1. The Morgan fingerprint density at radius 1 is 1.23 bits per heavy atom. The first-order valence-electron chi connectivity index (χ1n) is 7.09. The lowest BCUT2D eigenvalue weighted by atomic mass is 10.2. The summed E-state index contributed by atoms with van der Waals surface area (Å²) in [5, 5.41) is 11.1. The molecule has 0 saturated heterocycles. The standard InChI is InChI=1S/C16H21NO5/c1-4-21-13-8-6-12(10-14(13)22-5-2)7-9-15(18)17-11(3)16(19)20/h6-11H,4-5H2,1-3H3,(H,17,18)(H,19,20)/b9-7+/t11-/m1/s1. The number of nitrogens with one attached hydrogen (secondary N) is 1. The largest absolute Gasteiger partial charge is 0.490 e. The van der Waals surface area contributed by atoms with Crippen molar-refractivity contribution in [1.29, 1.82) is 0 Å². The predicted octanol–water partition coefficient (Wildman–Crippen LogP) is 2.09. The molecule has 6 heteroatoms. The zero-order valence-corrected chi connectivity index (χ0v) is 13.0. The van der Waals surface area contributed by atoms with E-state index in [0.29, 0.717) is 24.7 Å². The quantitative estimate of drug-likeness (QED) is 0.718. The second-order valence-corrected chi connectivity index (χ2v) is 4.47. The predicted molar refractivity (Wildman–Crippen MR) is 83.1 cm³/mol. The Morgan fingerprint density at radius 2 is 1.86 bits per heavy atom. The smallest absolute Gasteiger partial charge is 0.325 e. The molecular weight excluding hydrogens is 286 g/mol. The maximum Gasteiger partial charge on any atom is 0.325 e. The number of benzene rings is 1. The van der Waals surface area contributed by atoms with Gasteiger partial charge in [-0.15, -0.1) is 0 Å². The maximum absolute atomic E-state index is 11.6. The van der Waals surface area contributed by atoms with Gasteiger partial charge in [0.05, 0.1) is 13.2 Å². The van der Waals surface area contributed by atoms with E-state index >= 15 is 0 Å². The van der Waals surface area contributed by atoms with E-state index in [2.05, 4.69) is 5.32 Å². The molecule has 120 valence electrons. The van der Waals surface area contributed by atoms with Crippen molar-refractivity contribution in [3.8, 4) is 11.5 Å². The fraction of sp³-hybridized carbons (Fsp3) is 0.375. The van der Waals surface area contributed by atoms with Gasteiger partial charge < -0.3 is 19.9 Å². The summed E-state index contributed by atoms with van der Waals surface area (Å²) in [6, 6.07) is 4.39. The Hall–Kier alpha value is -2.50. The molecule has 0 heterocycles. The fourth-order valence-corrected chi connectivity index (χ4v) is 1.67. The Labute approximate surface area is 129 Å². The highest BCUT2D eigenvalue weighted by Crippen LogP contribution is 2.28. The van der Waals surface area contributed by atoms with E-state index in [1.165, 1.54) is 13.0 Å². The summed E-state index contributed by atoms with van der Waals surface area (Å²) < 4.78 is 11.0. The Balaban J connectivity index is 2.80. The minimum absolute atomic E-state index is 0.471. The van der Waals surface area contributed by atoms with Crippen LogP contribution in [0.3, 0.4) is 0 Å². The van der Waals surface area contributed by atoms with Crippen LogP contribution in [0.5, 0.6) is 11.5 Å². The topological polar surface area (TPSA) is 84.9 Å². The van der Waals surface area contributed by atoms with Gasteiger partial charge in [-0.2, -0.15) is 0 Å². The second kappa shape index (κ2) is 8.71. The van der Waals surface area contributed by atoms with Crippen molar-refractivity contribution in [2.45, 2.75) is 26.8 Å². The lowest BCUT2D eigenvalue weighted by Gasteiger charge is -2.11. The molecule has 0 aliphatic rings. The molecule has 0 bridgehead atoms. The van der Waals surface area contributed by atoms with E-state index in [1.807, 2.05) is 13.8 Å². The van der Waals surface area contributed by atoms with Gasteiger partial charge in [0.2, 0.25) is 5.91 Å². The first kappa shape index (κ1) is 17.6. The average Bonchev–Trinajstić information content (AvgIpc) is 2.47. The average molecular weight is 307 g/mol. The molecule has 1 aromatic carbocycles. The third-order valence-electron chi connectivity index (χ3n) is 2.72. The number of carbonyl (C=O) groups is 2. The number of carboxylic acid groups (broad SMARTS) is 1. The van der Waals surface area contributed by atoms with Crippen molar-refractivity contribution in [2.24, 2.45) is 0 Å². The first-order chi connectivity index (χ1) is 10.5. The fourth-order valence-electron chi connectivity index (χ4n) is 1.67. The van der Waals surface area contributed by atoms with Crippen molar-refractivity contribution in [2.75, 3.05) is 13.2 Å². The van der Waals surface area contributed by atoms with Gasteiger partial charge in [-0.3, -0.25) is 9.59 Å². The molecule has 0 aliphatic carbocycles. The number of rotatable bonds is 8. The van der Waals surface area contributed by atoms with Gasteiger partial charge in [-0.25, -0.2) is 0 Å². The molecule has 6 nitrogen and oxygen atoms in total. The molecular formula is C16H21NO5. The number of carboxylic acids is 1. The number of carbonyl (C=O) groups excluding carboxylic acids is 1. The van der Waals surface area contributed by atoms with Crippen molar-refractivity contribution in [1.82, 2.24) is 5.32 Å². The number of ether oxygens (including phenoxy) is 2. The molecule has 0 spiro atoms. The van der Waals surface area contributed by atoms with Crippen molar-refractivity contribution >= 4 is 18.0 Å². The summed E-state index contributed by atoms with van der Waals surface area (Å²) in [6.45, 7) is 6.20. The van der Waals surface area contributed by atoms with Crippen LogP contribution in [0.15, 0.2) is 24.3 Å². The van der Waals surface area contributed by atoms with Crippen LogP contribution in [0.1, 0.15) is 26.3 Å². The van der Waals surface area contributed by atoms with E-state index < -0.39 is 17.9 Å². The van der Waals surface area contributed by atoms with Crippen LogP contribution in [0.4, 0.5) is 0 Å². The molecule has 1 atom stereocenters. The van der Waals surface area contributed by atoms with Gasteiger partial charge >= 0.3 is 5.97 Å². The SMILES string of the molecule is CCOc1ccc(/C=C/C(=O)N[C@H](C)C(=O)O)cc1OCC. The zero-order chi connectivity index (χ0) is 16.5. The van der Waals surface area contributed by atoms with Gasteiger partial charge in [0.1, 0.15) is 6.04 Å². The van der Waals surface area contributed by atoms with Crippen LogP contribution in [0.2, 0.25) is 0 Å². The Bertz CT molecular complexity index is 553. The van der Waals surface area contributed by atoms with Gasteiger partial charge in [-0.1, -0.05) is 6.07 Å². The summed E-state index contributed by atoms with van der Waals surface area (Å²) in [5.74, 6) is -0.306. The van der Waals surface area contributed by atoms with Crippen LogP contribution in [0.25, 0.3) is 6.08 Å². The van der Waals surface area contributed by atoms with Gasteiger partial charge in [0, 0.05) is 6.08 Å². The van der Waals surface area contributed by atoms with Crippen LogP contribution >= 0.6 is 0 Å². The van der Waals surface area contributed by atoms with E-state index in [9.17, 15) is 9.59 Å². The molecule has 1 rings (SSSR count). The molecule has 22 heavy (non-hydrogen) atoms. The van der Waals surface area contributed by atoms with Crippen LogP contribution < -0.4 is 14.8 Å². The zero-order valence-electron chi connectivity index (χ0n) is 13.0. The van der Waals surface area contributed by atoms with Crippen molar-refractivity contribution in [3.05, 3.63) is 29.8 Å². The third-order valence-corrected chi connectivity index (χ3v) is 2.72. The highest BCUT2D eigenvalue weighted by molar-refractivity contribution is 5.94.